The number of thiocarbonyl (C=S) groups is 1. The standard InChI is InChI=1S/C28H30N6S/c1-20-18-24(21(2)34(20)23-12-8-14-29-19-23)27-26(25-13-6-7-15-31-25)32-28(35)33(27)17-9-16-30-22-10-4-3-5-11-22/h3-8,10-15,18-19,26-27,30H,9,16-17H2,1-2H3,(H,32,35)/t26-,27+/m1/s1. The van der Waals surface area contributed by atoms with E-state index in [2.05, 4.69) is 74.2 Å². The molecule has 1 aromatic carbocycles. The Morgan fingerprint density at radius 1 is 1.00 bits per heavy atom. The van der Waals surface area contributed by atoms with Crippen molar-refractivity contribution in [1.82, 2.24) is 24.8 Å². The molecule has 178 valence electrons. The van der Waals surface area contributed by atoms with Gasteiger partial charge in [-0.2, -0.15) is 0 Å². The van der Waals surface area contributed by atoms with E-state index in [-0.39, 0.29) is 12.1 Å². The summed E-state index contributed by atoms with van der Waals surface area (Å²) < 4.78 is 2.27. The number of para-hydroxylation sites is 1. The zero-order chi connectivity index (χ0) is 24.2. The van der Waals surface area contributed by atoms with Crippen molar-refractivity contribution >= 4 is 23.0 Å². The first kappa shape index (κ1) is 23.1. The minimum Gasteiger partial charge on any atom is -0.385 e. The van der Waals surface area contributed by atoms with Gasteiger partial charge in [0.2, 0.25) is 0 Å². The van der Waals surface area contributed by atoms with Crippen molar-refractivity contribution in [3.05, 3.63) is 108 Å². The number of aryl methyl sites for hydroxylation is 1. The van der Waals surface area contributed by atoms with E-state index in [0.717, 1.165) is 41.7 Å². The van der Waals surface area contributed by atoms with E-state index in [1.165, 1.54) is 17.0 Å². The fourth-order valence-electron chi connectivity index (χ4n) is 4.99. The Hall–Kier alpha value is -3.71. The predicted octanol–water partition coefficient (Wildman–Crippen LogP) is 5.36. The second-order valence-corrected chi connectivity index (χ2v) is 9.23. The zero-order valence-corrected chi connectivity index (χ0v) is 20.9. The first-order valence-electron chi connectivity index (χ1n) is 12.0. The topological polar surface area (TPSA) is 58.0 Å². The fraction of sp³-hybridized carbons (Fsp3) is 0.250. The highest BCUT2D eigenvalue weighted by Gasteiger charge is 2.41. The fourth-order valence-corrected chi connectivity index (χ4v) is 5.33. The lowest BCUT2D eigenvalue weighted by atomic mass is 9.96. The summed E-state index contributed by atoms with van der Waals surface area (Å²) in [6.45, 7) is 6.05. The number of benzene rings is 1. The second kappa shape index (κ2) is 10.3. The number of nitrogens with zero attached hydrogens (tertiary/aromatic N) is 4. The lowest BCUT2D eigenvalue weighted by Crippen LogP contribution is -2.31. The van der Waals surface area contributed by atoms with Crippen LogP contribution in [-0.4, -0.2) is 37.6 Å². The molecule has 1 aliphatic rings. The number of hydrogen-bond donors (Lipinski definition) is 2. The van der Waals surface area contributed by atoms with E-state index >= 15 is 0 Å². The molecule has 1 aliphatic heterocycles. The molecular weight excluding hydrogens is 452 g/mol. The maximum absolute atomic E-state index is 5.86. The Bertz CT molecular complexity index is 1270. The molecule has 6 nitrogen and oxygen atoms in total. The SMILES string of the molecule is Cc1cc([C@H]2[C@@H](c3ccccn3)NC(=S)N2CCCNc2ccccc2)c(C)n1-c1cccnc1. The zero-order valence-electron chi connectivity index (χ0n) is 20.1. The van der Waals surface area contributed by atoms with Crippen LogP contribution in [0.5, 0.6) is 0 Å². The molecule has 0 saturated carbocycles. The number of pyridine rings is 2. The third-order valence-electron chi connectivity index (χ3n) is 6.57. The van der Waals surface area contributed by atoms with Gasteiger partial charge in [-0.1, -0.05) is 24.3 Å². The minimum atomic E-state index is -0.0198. The van der Waals surface area contributed by atoms with Crippen molar-refractivity contribution in [2.45, 2.75) is 32.4 Å². The van der Waals surface area contributed by atoms with Crippen LogP contribution in [0.4, 0.5) is 5.69 Å². The van der Waals surface area contributed by atoms with Gasteiger partial charge in [-0.3, -0.25) is 9.97 Å². The highest BCUT2D eigenvalue weighted by Crippen LogP contribution is 2.41. The van der Waals surface area contributed by atoms with Gasteiger partial charge in [-0.15, -0.1) is 0 Å². The number of rotatable bonds is 8. The first-order valence-corrected chi connectivity index (χ1v) is 12.4. The normalized spacial score (nSPS) is 17.4. The van der Waals surface area contributed by atoms with Crippen LogP contribution >= 0.6 is 12.2 Å². The van der Waals surface area contributed by atoms with E-state index < -0.39 is 0 Å². The molecule has 0 amide bonds. The Kier molecular flexibility index (Phi) is 6.77. The van der Waals surface area contributed by atoms with Crippen LogP contribution in [0.1, 0.15) is 41.1 Å². The van der Waals surface area contributed by atoms with Gasteiger partial charge in [0.25, 0.3) is 0 Å². The van der Waals surface area contributed by atoms with E-state index in [4.69, 9.17) is 12.2 Å². The lowest BCUT2D eigenvalue weighted by Gasteiger charge is -2.28. The molecule has 1 fully saturated rings. The monoisotopic (exact) mass is 482 g/mol. The Morgan fingerprint density at radius 3 is 2.57 bits per heavy atom. The summed E-state index contributed by atoms with van der Waals surface area (Å²) >= 11 is 5.86. The van der Waals surface area contributed by atoms with Gasteiger partial charge < -0.3 is 20.1 Å². The van der Waals surface area contributed by atoms with Gasteiger partial charge in [-0.25, -0.2) is 0 Å². The van der Waals surface area contributed by atoms with Crippen LogP contribution < -0.4 is 10.6 Å². The second-order valence-electron chi connectivity index (χ2n) is 8.84. The summed E-state index contributed by atoms with van der Waals surface area (Å²) in [5, 5.41) is 7.86. The molecule has 2 N–H and O–H groups in total. The Morgan fingerprint density at radius 2 is 1.83 bits per heavy atom. The Labute approximate surface area is 212 Å². The molecule has 4 aromatic rings. The molecule has 0 aliphatic carbocycles. The van der Waals surface area contributed by atoms with E-state index in [1.807, 2.05) is 48.8 Å². The molecule has 7 heteroatoms. The van der Waals surface area contributed by atoms with Crippen LogP contribution in [-0.2, 0) is 0 Å². The van der Waals surface area contributed by atoms with Crippen molar-refractivity contribution in [2.24, 2.45) is 0 Å². The van der Waals surface area contributed by atoms with Crippen molar-refractivity contribution in [3.63, 3.8) is 0 Å². The van der Waals surface area contributed by atoms with Crippen LogP contribution in [0.15, 0.2) is 85.3 Å². The third-order valence-corrected chi connectivity index (χ3v) is 6.92. The number of hydrogen-bond acceptors (Lipinski definition) is 4. The summed E-state index contributed by atoms with van der Waals surface area (Å²) in [5.41, 5.74) is 6.82. The van der Waals surface area contributed by atoms with Crippen LogP contribution in [0, 0.1) is 13.8 Å². The average molecular weight is 483 g/mol. The number of nitrogens with one attached hydrogen (secondary N) is 2. The van der Waals surface area contributed by atoms with Crippen LogP contribution in [0.25, 0.3) is 5.69 Å². The summed E-state index contributed by atoms with van der Waals surface area (Å²) in [7, 11) is 0. The van der Waals surface area contributed by atoms with Crippen molar-refractivity contribution in [3.8, 4) is 5.69 Å². The van der Waals surface area contributed by atoms with Crippen molar-refractivity contribution < 1.29 is 0 Å². The molecule has 3 aromatic heterocycles. The molecule has 0 radical (unpaired) electrons. The number of aromatic nitrogens is 3. The van der Waals surface area contributed by atoms with Gasteiger partial charge in [0.1, 0.15) is 0 Å². The first-order chi connectivity index (χ1) is 17.1. The molecule has 5 rings (SSSR count). The highest BCUT2D eigenvalue weighted by atomic mass is 32.1. The van der Waals surface area contributed by atoms with Gasteiger partial charge in [0.15, 0.2) is 5.11 Å². The molecular formula is C28H30N6S. The highest BCUT2D eigenvalue weighted by molar-refractivity contribution is 7.80. The van der Waals surface area contributed by atoms with Gasteiger partial charge >= 0.3 is 0 Å². The molecule has 0 bridgehead atoms. The molecule has 35 heavy (non-hydrogen) atoms. The number of anilines is 1. The maximum atomic E-state index is 5.86. The Balaban J connectivity index is 1.45. The summed E-state index contributed by atoms with van der Waals surface area (Å²) in [6.07, 6.45) is 6.52. The molecule has 2 atom stereocenters. The van der Waals surface area contributed by atoms with E-state index in [9.17, 15) is 0 Å². The average Bonchev–Trinajstić information content (AvgIpc) is 3.38. The smallest absolute Gasteiger partial charge is 0.170 e. The third kappa shape index (κ3) is 4.77. The summed E-state index contributed by atoms with van der Waals surface area (Å²) in [4.78, 5) is 11.3. The van der Waals surface area contributed by atoms with Crippen LogP contribution in [0.2, 0.25) is 0 Å². The summed E-state index contributed by atoms with van der Waals surface area (Å²) in [5.74, 6) is 0. The predicted molar refractivity (Wildman–Crippen MR) is 145 cm³/mol. The molecule has 1 saturated heterocycles. The lowest BCUT2D eigenvalue weighted by molar-refractivity contribution is 0.315. The molecule has 4 heterocycles. The summed E-state index contributed by atoms with van der Waals surface area (Å²) in [6, 6.07) is 22.8. The minimum absolute atomic E-state index is 0.0198. The van der Waals surface area contributed by atoms with E-state index in [1.54, 1.807) is 6.20 Å². The van der Waals surface area contributed by atoms with Crippen LogP contribution in [0.3, 0.4) is 0 Å². The molecule has 0 spiro atoms. The van der Waals surface area contributed by atoms with Crippen molar-refractivity contribution in [2.75, 3.05) is 18.4 Å². The van der Waals surface area contributed by atoms with Crippen molar-refractivity contribution in [1.29, 1.82) is 0 Å². The maximum Gasteiger partial charge on any atom is 0.170 e. The van der Waals surface area contributed by atoms with Gasteiger partial charge in [0, 0.05) is 42.6 Å². The van der Waals surface area contributed by atoms with Gasteiger partial charge in [-0.05, 0) is 80.5 Å². The van der Waals surface area contributed by atoms with E-state index in [0.29, 0.717) is 0 Å². The quantitative estimate of drug-likeness (QED) is 0.261. The molecule has 0 unspecified atom stereocenters. The van der Waals surface area contributed by atoms with Gasteiger partial charge in [0.05, 0.1) is 29.7 Å². The largest absolute Gasteiger partial charge is 0.385 e.